The van der Waals surface area contributed by atoms with Gasteiger partial charge in [-0.3, -0.25) is 9.59 Å². The molecule has 168 valence electrons. The molecule has 8 nitrogen and oxygen atoms in total. The molecule has 8 heteroatoms. The zero-order chi connectivity index (χ0) is 22.7. The molecular formula is C24H26N2O6. The van der Waals surface area contributed by atoms with Crippen molar-refractivity contribution < 1.29 is 29.0 Å². The van der Waals surface area contributed by atoms with Crippen molar-refractivity contribution in [3.8, 4) is 11.1 Å². The first-order valence-corrected chi connectivity index (χ1v) is 10.6. The second kappa shape index (κ2) is 9.40. The number of fused-ring (bicyclic) bond motifs is 3. The number of carboxylic acids is 1. The van der Waals surface area contributed by atoms with E-state index in [0.717, 1.165) is 22.3 Å². The van der Waals surface area contributed by atoms with Crippen molar-refractivity contribution in [2.24, 2.45) is 0 Å². The number of hydrogen-bond acceptors (Lipinski definition) is 5. The summed E-state index contributed by atoms with van der Waals surface area (Å²) in [5, 5.41) is 11.7. The summed E-state index contributed by atoms with van der Waals surface area (Å²) in [4.78, 5) is 38.1. The maximum absolute atomic E-state index is 12.8. The van der Waals surface area contributed by atoms with Crippen LogP contribution >= 0.6 is 0 Å². The van der Waals surface area contributed by atoms with E-state index in [1.54, 1.807) is 7.11 Å². The molecule has 4 rings (SSSR count). The highest BCUT2D eigenvalue weighted by molar-refractivity contribution is 5.89. The first kappa shape index (κ1) is 21.8. The summed E-state index contributed by atoms with van der Waals surface area (Å²) in [6, 6.07) is 14.7. The van der Waals surface area contributed by atoms with Gasteiger partial charge in [0.2, 0.25) is 5.91 Å². The van der Waals surface area contributed by atoms with Crippen LogP contribution in [0.2, 0.25) is 0 Å². The third kappa shape index (κ3) is 4.45. The van der Waals surface area contributed by atoms with Crippen molar-refractivity contribution in [3.63, 3.8) is 0 Å². The van der Waals surface area contributed by atoms with E-state index in [-0.39, 0.29) is 18.6 Å². The molecule has 0 radical (unpaired) electrons. The van der Waals surface area contributed by atoms with Gasteiger partial charge in [0.05, 0.1) is 12.5 Å². The highest BCUT2D eigenvalue weighted by Gasteiger charge is 2.34. The Morgan fingerprint density at radius 3 is 2.28 bits per heavy atom. The normalized spacial score (nSPS) is 18.0. The molecule has 2 N–H and O–H groups in total. The summed E-state index contributed by atoms with van der Waals surface area (Å²) in [6.45, 7) is 0.918. The number of hydrogen-bond donors (Lipinski definition) is 2. The molecule has 2 aromatic carbocycles. The van der Waals surface area contributed by atoms with E-state index in [2.05, 4.69) is 5.32 Å². The van der Waals surface area contributed by atoms with Crippen molar-refractivity contribution in [2.45, 2.75) is 30.9 Å². The second-order valence-electron chi connectivity index (χ2n) is 8.05. The Bertz CT molecular complexity index is 978. The van der Waals surface area contributed by atoms with Gasteiger partial charge in [0.1, 0.15) is 12.6 Å². The molecule has 1 aliphatic heterocycles. The standard InChI is InChI=1S/C24H26N2O6/c1-31-15-10-11-26(13-15)23(29)21(12-22(27)28)25-24(30)32-14-20-18-8-4-2-6-16(18)17-7-3-5-9-19(17)20/h2-9,15,20-21H,10-14H2,1H3,(H,25,30)(H,27,28)/t15-,21?/m1/s1. The average Bonchev–Trinajstić information content (AvgIpc) is 3.39. The summed E-state index contributed by atoms with van der Waals surface area (Å²) in [5.74, 6) is -1.74. The molecule has 0 bridgehead atoms. The largest absolute Gasteiger partial charge is 0.481 e. The van der Waals surface area contributed by atoms with E-state index in [4.69, 9.17) is 9.47 Å². The van der Waals surface area contributed by atoms with Crippen LogP contribution in [-0.2, 0) is 19.1 Å². The van der Waals surface area contributed by atoms with Crippen LogP contribution in [0.1, 0.15) is 29.9 Å². The molecule has 0 aromatic heterocycles. The van der Waals surface area contributed by atoms with Gasteiger partial charge in [-0.15, -0.1) is 0 Å². The lowest BCUT2D eigenvalue weighted by Crippen LogP contribution is -2.49. The van der Waals surface area contributed by atoms with Gasteiger partial charge in [-0.2, -0.15) is 0 Å². The molecule has 1 saturated heterocycles. The van der Waals surface area contributed by atoms with Gasteiger partial charge in [0.25, 0.3) is 0 Å². The van der Waals surface area contributed by atoms with E-state index in [9.17, 15) is 19.5 Å². The molecular weight excluding hydrogens is 412 g/mol. The number of benzene rings is 2. The number of nitrogens with one attached hydrogen (secondary N) is 1. The van der Waals surface area contributed by atoms with E-state index >= 15 is 0 Å². The Morgan fingerprint density at radius 1 is 1.09 bits per heavy atom. The average molecular weight is 438 g/mol. The molecule has 2 atom stereocenters. The number of carbonyl (C=O) groups excluding carboxylic acids is 2. The number of ether oxygens (including phenoxy) is 2. The molecule has 0 saturated carbocycles. The van der Waals surface area contributed by atoms with Crippen LogP contribution in [0.4, 0.5) is 4.79 Å². The van der Waals surface area contributed by atoms with E-state index in [1.165, 1.54) is 4.90 Å². The van der Waals surface area contributed by atoms with Crippen LogP contribution in [0.5, 0.6) is 0 Å². The summed E-state index contributed by atoms with van der Waals surface area (Å²) < 4.78 is 10.7. The Kier molecular flexibility index (Phi) is 6.41. The Hall–Kier alpha value is -3.39. The van der Waals surface area contributed by atoms with Gasteiger partial charge in [-0.25, -0.2) is 4.79 Å². The number of aliphatic carboxylic acids is 1. The maximum atomic E-state index is 12.8. The third-order valence-corrected chi connectivity index (χ3v) is 6.10. The Morgan fingerprint density at radius 2 is 1.72 bits per heavy atom. The zero-order valence-corrected chi connectivity index (χ0v) is 17.8. The predicted octanol–water partition coefficient (Wildman–Crippen LogP) is 2.62. The Balaban J connectivity index is 1.42. The van der Waals surface area contributed by atoms with Gasteiger partial charge in [-0.05, 0) is 28.7 Å². The van der Waals surface area contributed by atoms with Crippen LogP contribution in [0, 0.1) is 0 Å². The number of nitrogens with zero attached hydrogens (tertiary/aromatic N) is 1. The van der Waals surface area contributed by atoms with Crippen molar-refractivity contribution in [3.05, 3.63) is 59.7 Å². The number of amides is 2. The summed E-state index contributed by atoms with van der Waals surface area (Å²) in [6.07, 6.45) is -0.739. The van der Waals surface area contributed by atoms with Gasteiger partial charge in [0, 0.05) is 26.1 Å². The van der Waals surface area contributed by atoms with Crippen molar-refractivity contribution >= 4 is 18.0 Å². The maximum Gasteiger partial charge on any atom is 0.407 e. The molecule has 1 heterocycles. The number of methoxy groups -OCH3 is 1. The minimum atomic E-state index is -1.20. The van der Waals surface area contributed by atoms with Crippen LogP contribution in [0.15, 0.2) is 48.5 Å². The van der Waals surface area contributed by atoms with Crippen LogP contribution in [0.3, 0.4) is 0 Å². The Labute approximate surface area is 186 Å². The van der Waals surface area contributed by atoms with Crippen molar-refractivity contribution in [1.29, 1.82) is 0 Å². The minimum absolute atomic E-state index is 0.0844. The number of likely N-dealkylation sites (tertiary alicyclic amines) is 1. The van der Waals surface area contributed by atoms with Crippen LogP contribution < -0.4 is 5.32 Å². The number of alkyl carbamates (subject to hydrolysis) is 1. The summed E-state index contributed by atoms with van der Waals surface area (Å²) >= 11 is 0. The fraction of sp³-hybridized carbons (Fsp3) is 0.375. The second-order valence-corrected chi connectivity index (χ2v) is 8.05. The molecule has 1 fully saturated rings. The fourth-order valence-electron chi connectivity index (χ4n) is 4.50. The molecule has 2 aromatic rings. The number of carbonyl (C=O) groups is 3. The van der Waals surface area contributed by atoms with E-state index in [1.807, 2.05) is 48.5 Å². The zero-order valence-electron chi connectivity index (χ0n) is 17.8. The van der Waals surface area contributed by atoms with Crippen LogP contribution in [-0.4, -0.2) is 66.9 Å². The molecule has 2 aliphatic rings. The first-order chi connectivity index (χ1) is 15.5. The van der Waals surface area contributed by atoms with E-state index < -0.39 is 30.4 Å². The fourth-order valence-corrected chi connectivity index (χ4v) is 4.50. The molecule has 32 heavy (non-hydrogen) atoms. The van der Waals surface area contributed by atoms with Crippen molar-refractivity contribution in [2.75, 3.05) is 26.8 Å². The first-order valence-electron chi connectivity index (χ1n) is 10.6. The minimum Gasteiger partial charge on any atom is -0.481 e. The quantitative estimate of drug-likeness (QED) is 0.689. The molecule has 2 amide bonds. The van der Waals surface area contributed by atoms with E-state index in [0.29, 0.717) is 19.5 Å². The van der Waals surface area contributed by atoms with Gasteiger partial charge < -0.3 is 24.8 Å². The predicted molar refractivity (Wildman–Crippen MR) is 116 cm³/mol. The smallest absolute Gasteiger partial charge is 0.407 e. The molecule has 1 aliphatic carbocycles. The highest BCUT2D eigenvalue weighted by atomic mass is 16.5. The number of carboxylic acid groups (broad SMARTS) is 1. The van der Waals surface area contributed by atoms with Gasteiger partial charge in [0.15, 0.2) is 0 Å². The number of rotatable bonds is 7. The SMILES string of the molecule is CO[C@@H]1CCN(C(=O)C(CC(=O)O)NC(=O)OCC2c3ccccc3-c3ccccc32)C1. The summed E-state index contributed by atoms with van der Waals surface area (Å²) in [7, 11) is 1.57. The molecule has 0 spiro atoms. The van der Waals surface area contributed by atoms with Crippen molar-refractivity contribution in [1.82, 2.24) is 10.2 Å². The highest BCUT2D eigenvalue weighted by Crippen LogP contribution is 2.44. The van der Waals surface area contributed by atoms with Gasteiger partial charge in [-0.1, -0.05) is 48.5 Å². The molecule has 1 unspecified atom stereocenters. The lowest BCUT2D eigenvalue weighted by atomic mass is 9.98. The van der Waals surface area contributed by atoms with Crippen LogP contribution in [0.25, 0.3) is 11.1 Å². The third-order valence-electron chi connectivity index (χ3n) is 6.10. The summed E-state index contributed by atoms with van der Waals surface area (Å²) in [5.41, 5.74) is 4.36. The lowest BCUT2D eigenvalue weighted by molar-refractivity contribution is -0.142. The van der Waals surface area contributed by atoms with Gasteiger partial charge >= 0.3 is 12.1 Å². The monoisotopic (exact) mass is 438 g/mol. The topological polar surface area (TPSA) is 105 Å². The lowest BCUT2D eigenvalue weighted by Gasteiger charge is -2.23.